The van der Waals surface area contributed by atoms with Crippen molar-refractivity contribution in [2.75, 3.05) is 0 Å². The van der Waals surface area contributed by atoms with Crippen LogP contribution in [0.5, 0.6) is 0 Å². The number of hydrogen-bond donors (Lipinski definition) is 0. The Morgan fingerprint density at radius 2 is 2.22 bits per heavy atom. The van der Waals surface area contributed by atoms with Crippen molar-refractivity contribution >= 4 is 0 Å². The highest BCUT2D eigenvalue weighted by molar-refractivity contribution is 5.63. The number of halogens is 1. The summed E-state index contributed by atoms with van der Waals surface area (Å²) in [7, 11) is 0. The van der Waals surface area contributed by atoms with Crippen molar-refractivity contribution in [3.05, 3.63) is 41.6 Å². The van der Waals surface area contributed by atoms with E-state index in [0.717, 1.165) is 35.7 Å². The van der Waals surface area contributed by atoms with Crippen LogP contribution in [-0.4, -0.2) is 9.55 Å². The molecule has 0 bridgehead atoms. The van der Waals surface area contributed by atoms with Crippen LogP contribution in [0.25, 0.3) is 11.3 Å². The molecule has 0 amide bonds. The number of hydrogen-bond acceptors (Lipinski definition) is 1. The third-order valence-corrected chi connectivity index (χ3v) is 3.67. The number of imidazole rings is 1. The van der Waals surface area contributed by atoms with Gasteiger partial charge in [0.2, 0.25) is 0 Å². The molecule has 0 spiro atoms. The predicted molar refractivity (Wildman–Crippen MR) is 69.8 cm³/mol. The van der Waals surface area contributed by atoms with E-state index >= 15 is 0 Å². The topological polar surface area (TPSA) is 17.8 Å². The summed E-state index contributed by atoms with van der Waals surface area (Å²) in [6, 6.07) is 6.79. The highest BCUT2D eigenvalue weighted by Crippen LogP contribution is 2.30. The van der Waals surface area contributed by atoms with E-state index in [9.17, 15) is 4.39 Å². The van der Waals surface area contributed by atoms with Crippen LogP contribution in [0.15, 0.2) is 24.3 Å². The molecule has 0 saturated heterocycles. The monoisotopic (exact) mass is 244 g/mol. The second kappa shape index (κ2) is 4.23. The zero-order valence-electron chi connectivity index (χ0n) is 10.8. The van der Waals surface area contributed by atoms with Crippen LogP contribution < -0.4 is 0 Å². The number of nitrogens with zero attached hydrogens (tertiary/aromatic N) is 2. The molecule has 0 fully saturated rings. The molecule has 94 valence electrons. The maximum absolute atomic E-state index is 13.4. The van der Waals surface area contributed by atoms with Crippen molar-refractivity contribution in [2.45, 2.75) is 33.2 Å². The van der Waals surface area contributed by atoms with E-state index in [0.29, 0.717) is 5.92 Å². The Labute approximate surface area is 106 Å². The van der Waals surface area contributed by atoms with Crippen molar-refractivity contribution in [1.82, 2.24) is 9.55 Å². The third-order valence-electron chi connectivity index (χ3n) is 3.67. The first-order chi connectivity index (χ1) is 8.65. The maximum Gasteiger partial charge on any atom is 0.123 e. The Kier molecular flexibility index (Phi) is 2.69. The molecule has 0 radical (unpaired) electrons. The van der Waals surface area contributed by atoms with E-state index in [1.165, 1.54) is 12.5 Å². The van der Waals surface area contributed by atoms with Crippen LogP contribution in [0.4, 0.5) is 4.39 Å². The van der Waals surface area contributed by atoms with Crippen molar-refractivity contribution in [3.63, 3.8) is 0 Å². The van der Waals surface area contributed by atoms with Gasteiger partial charge in [0.15, 0.2) is 0 Å². The molecule has 18 heavy (non-hydrogen) atoms. The molecule has 3 heteroatoms. The lowest BCUT2D eigenvalue weighted by Crippen LogP contribution is -2.18. The normalized spacial score (nSPS) is 18.7. The van der Waals surface area contributed by atoms with Crippen molar-refractivity contribution in [3.8, 4) is 11.3 Å². The fraction of sp³-hybridized carbons (Fsp3) is 0.400. The summed E-state index contributed by atoms with van der Waals surface area (Å²) in [6.07, 6.45) is 2.22. The molecule has 1 unspecified atom stereocenters. The molecule has 1 aliphatic heterocycles. The first-order valence-electron chi connectivity index (χ1n) is 6.47. The number of benzene rings is 1. The minimum absolute atomic E-state index is 0.189. The zero-order valence-corrected chi connectivity index (χ0v) is 10.8. The van der Waals surface area contributed by atoms with Crippen LogP contribution in [0.3, 0.4) is 0 Å². The largest absolute Gasteiger partial charge is 0.328 e. The highest BCUT2D eigenvalue weighted by Gasteiger charge is 2.22. The van der Waals surface area contributed by atoms with E-state index < -0.39 is 0 Å². The zero-order chi connectivity index (χ0) is 12.7. The van der Waals surface area contributed by atoms with Crippen LogP contribution in [-0.2, 0) is 13.0 Å². The Hall–Kier alpha value is -1.64. The van der Waals surface area contributed by atoms with E-state index in [2.05, 4.69) is 16.5 Å². The van der Waals surface area contributed by atoms with Gasteiger partial charge in [0, 0.05) is 18.5 Å². The quantitative estimate of drug-likeness (QED) is 0.749. The number of aromatic nitrogens is 2. The molecule has 3 rings (SSSR count). The SMILES string of the molecule is Cc1nc2n(c1-c1cccc(F)c1)CC(C)CC2. The van der Waals surface area contributed by atoms with Crippen LogP contribution in [0, 0.1) is 18.7 Å². The van der Waals surface area contributed by atoms with Gasteiger partial charge in [-0.2, -0.15) is 0 Å². The fourth-order valence-electron chi connectivity index (χ4n) is 2.80. The summed E-state index contributed by atoms with van der Waals surface area (Å²) in [6.45, 7) is 5.26. The lowest BCUT2D eigenvalue weighted by molar-refractivity contribution is 0.396. The second-order valence-electron chi connectivity index (χ2n) is 5.23. The van der Waals surface area contributed by atoms with E-state index in [1.807, 2.05) is 13.0 Å². The van der Waals surface area contributed by atoms with Gasteiger partial charge in [0.05, 0.1) is 11.4 Å². The van der Waals surface area contributed by atoms with E-state index in [1.54, 1.807) is 12.1 Å². The molecule has 1 aromatic carbocycles. The minimum atomic E-state index is -0.189. The lowest BCUT2D eigenvalue weighted by Gasteiger charge is -2.22. The molecule has 2 aromatic rings. The summed E-state index contributed by atoms with van der Waals surface area (Å²) >= 11 is 0. The molecule has 1 aromatic heterocycles. The summed E-state index contributed by atoms with van der Waals surface area (Å²) in [4.78, 5) is 4.63. The van der Waals surface area contributed by atoms with Gasteiger partial charge in [-0.15, -0.1) is 0 Å². The smallest absolute Gasteiger partial charge is 0.123 e. The molecule has 0 saturated carbocycles. The first-order valence-corrected chi connectivity index (χ1v) is 6.47. The van der Waals surface area contributed by atoms with E-state index in [4.69, 9.17) is 0 Å². The van der Waals surface area contributed by atoms with Crippen LogP contribution in [0.2, 0.25) is 0 Å². The lowest BCUT2D eigenvalue weighted by atomic mass is 10.0. The van der Waals surface area contributed by atoms with Crippen molar-refractivity contribution < 1.29 is 4.39 Å². The number of rotatable bonds is 1. The van der Waals surface area contributed by atoms with Gasteiger partial charge in [-0.1, -0.05) is 19.1 Å². The average molecular weight is 244 g/mol. The second-order valence-corrected chi connectivity index (χ2v) is 5.23. The number of aryl methyl sites for hydroxylation is 2. The van der Waals surface area contributed by atoms with Crippen LogP contribution >= 0.6 is 0 Å². The standard InChI is InChI=1S/C15H17FN2/c1-10-6-7-14-17-11(2)15(18(14)9-10)12-4-3-5-13(16)8-12/h3-5,8,10H,6-7,9H2,1-2H3. The molecule has 2 nitrogen and oxygen atoms in total. The first kappa shape index (κ1) is 11.5. The Morgan fingerprint density at radius 1 is 1.39 bits per heavy atom. The third kappa shape index (κ3) is 1.84. The van der Waals surface area contributed by atoms with Gasteiger partial charge < -0.3 is 4.57 Å². The van der Waals surface area contributed by atoms with Gasteiger partial charge >= 0.3 is 0 Å². The van der Waals surface area contributed by atoms with Gasteiger partial charge in [-0.05, 0) is 31.4 Å². The minimum Gasteiger partial charge on any atom is -0.328 e. The Bertz CT molecular complexity index is 586. The van der Waals surface area contributed by atoms with Gasteiger partial charge in [0.1, 0.15) is 11.6 Å². The van der Waals surface area contributed by atoms with Crippen molar-refractivity contribution in [2.24, 2.45) is 5.92 Å². The van der Waals surface area contributed by atoms with Gasteiger partial charge in [-0.3, -0.25) is 0 Å². The summed E-state index contributed by atoms with van der Waals surface area (Å²) in [5.41, 5.74) is 3.01. The molecular formula is C15H17FN2. The summed E-state index contributed by atoms with van der Waals surface area (Å²) in [5.74, 6) is 1.62. The summed E-state index contributed by atoms with van der Waals surface area (Å²) in [5, 5.41) is 0. The van der Waals surface area contributed by atoms with Crippen molar-refractivity contribution in [1.29, 1.82) is 0 Å². The molecule has 2 heterocycles. The number of fused-ring (bicyclic) bond motifs is 1. The average Bonchev–Trinajstić information content (AvgIpc) is 2.64. The summed E-state index contributed by atoms with van der Waals surface area (Å²) < 4.78 is 15.6. The van der Waals surface area contributed by atoms with Gasteiger partial charge in [-0.25, -0.2) is 9.37 Å². The fourth-order valence-corrected chi connectivity index (χ4v) is 2.80. The van der Waals surface area contributed by atoms with Crippen LogP contribution in [0.1, 0.15) is 24.9 Å². The Balaban J connectivity index is 2.15. The maximum atomic E-state index is 13.4. The van der Waals surface area contributed by atoms with E-state index in [-0.39, 0.29) is 5.82 Å². The molecule has 1 aliphatic rings. The Morgan fingerprint density at radius 3 is 3.00 bits per heavy atom. The predicted octanol–water partition coefficient (Wildman–Crippen LogP) is 3.58. The molecule has 0 aliphatic carbocycles. The molecular weight excluding hydrogens is 227 g/mol. The van der Waals surface area contributed by atoms with Gasteiger partial charge in [0.25, 0.3) is 0 Å². The molecule has 1 atom stereocenters. The highest BCUT2D eigenvalue weighted by atomic mass is 19.1. The molecule has 0 N–H and O–H groups in total.